The lowest BCUT2D eigenvalue weighted by Crippen LogP contribution is -2.26. The molecular formula is C26H25FN2O2. The summed E-state index contributed by atoms with van der Waals surface area (Å²) in [4.78, 5) is 18.1. The molecule has 3 aromatic carbocycles. The van der Waals surface area contributed by atoms with Crippen molar-refractivity contribution in [1.82, 2.24) is 9.88 Å². The van der Waals surface area contributed by atoms with Crippen molar-refractivity contribution in [3.63, 3.8) is 0 Å². The molecule has 0 unspecified atom stereocenters. The van der Waals surface area contributed by atoms with Gasteiger partial charge in [-0.15, -0.1) is 0 Å². The number of aryl methyl sites for hydroxylation is 1. The molecule has 0 aliphatic rings. The molecule has 0 aliphatic carbocycles. The summed E-state index contributed by atoms with van der Waals surface area (Å²) in [6, 6.07) is 22.2. The second-order valence-corrected chi connectivity index (χ2v) is 7.59. The lowest BCUT2D eigenvalue weighted by Gasteiger charge is -2.19. The van der Waals surface area contributed by atoms with Gasteiger partial charge in [-0.2, -0.15) is 0 Å². The molecule has 0 atom stereocenters. The van der Waals surface area contributed by atoms with Gasteiger partial charge in [0.2, 0.25) is 5.91 Å². The molecule has 4 nitrogen and oxygen atoms in total. The Morgan fingerprint density at radius 1 is 1.00 bits per heavy atom. The van der Waals surface area contributed by atoms with Gasteiger partial charge in [0.25, 0.3) is 0 Å². The summed E-state index contributed by atoms with van der Waals surface area (Å²) in [5, 5.41) is 1.09. The van der Waals surface area contributed by atoms with Gasteiger partial charge in [-0.1, -0.05) is 36.4 Å². The van der Waals surface area contributed by atoms with Crippen molar-refractivity contribution < 1.29 is 13.9 Å². The van der Waals surface area contributed by atoms with E-state index in [2.05, 4.69) is 11.1 Å². The summed E-state index contributed by atoms with van der Waals surface area (Å²) >= 11 is 0. The maximum Gasteiger partial charge on any atom is 0.222 e. The molecule has 1 amide bonds. The summed E-state index contributed by atoms with van der Waals surface area (Å²) in [5.74, 6) is 0.563. The van der Waals surface area contributed by atoms with Gasteiger partial charge in [-0.25, -0.2) is 4.39 Å². The van der Waals surface area contributed by atoms with Crippen molar-refractivity contribution in [3.05, 3.63) is 89.7 Å². The summed E-state index contributed by atoms with van der Waals surface area (Å²) in [7, 11) is 3.44. The van der Waals surface area contributed by atoms with Crippen LogP contribution >= 0.6 is 0 Å². The van der Waals surface area contributed by atoms with E-state index in [1.807, 2.05) is 49.5 Å². The monoisotopic (exact) mass is 416 g/mol. The zero-order valence-electron chi connectivity index (χ0n) is 17.7. The predicted molar refractivity (Wildman–Crippen MR) is 121 cm³/mol. The molecule has 1 aromatic heterocycles. The normalized spacial score (nSPS) is 10.9. The molecule has 0 fully saturated rings. The van der Waals surface area contributed by atoms with Gasteiger partial charge >= 0.3 is 0 Å². The molecule has 158 valence electrons. The lowest BCUT2D eigenvalue weighted by molar-refractivity contribution is -0.130. The minimum absolute atomic E-state index is 0.0567. The van der Waals surface area contributed by atoms with Crippen molar-refractivity contribution in [2.75, 3.05) is 14.2 Å². The van der Waals surface area contributed by atoms with Crippen LogP contribution in [-0.4, -0.2) is 29.9 Å². The summed E-state index contributed by atoms with van der Waals surface area (Å²) in [6.45, 7) is 0.488. The van der Waals surface area contributed by atoms with E-state index in [1.54, 1.807) is 24.1 Å². The van der Waals surface area contributed by atoms with Gasteiger partial charge in [0.15, 0.2) is 0 Å². The van der Waals surface area contributed by atoms with E-state index >= 15 is 0 Å². The SMILES string of the molecule is COc1ccccc1CN(C)C(=O)CCc1c(-c2ccc(F)cc2)[nH]c2ccccc12. The third-order valence-corrected chi connectivity index (χ3v) is 5.56. The number of carbonyl (C=O) groups is 1. The van der Waals surface area contributed by atoms with Crippen LogP contribution in [0.25, 0.3) is 22.2 Å². The largest absolute Gasteiger partial charge is 0.496 e. The number of benzene rings is 3. The number of hydrogen-bond acceptors (Lipinski definition) is 2. The first-order valence-corrected chi connectivity index (χ1v) is 10.3. The minimum Gasteiger partial charge on any atom is -0.496 e. The molecule has 0 spiro atoms. The van der Waals surface area contributed by atoms with E-state index in [-0.39, 0.29) is 11.7 Å². The van der Waals surface area contributed by atoms with E-state index in [9.17, 15) is 9.18 Å². The number of H-pyrrole nitrogens is 1. The van der Waals surface area contributed by atoms with Gasteiger partial charge in [-0.05, 0) is 53.9 Å². The number of aromatic amines is 1. The molecular weight excluding hydrogens is 391 g/mol. The smallest absolute Gasteiger partial charge is 0.222 e. The number of fused-ring (bicyclic) bond motifs is 1. The zero-order valence-corrected chi connectivity index (χ0v) is 17.7. The highest BCUT2D eigenvalue weighted by atomic mass is 19.1. The number of halogens is 1. The molecule has 0 radical (unpaired) electrons. The molecule has 4 rings (SSSR count). The first kappa shape index (κ1) is 20.7. The van der Waals surface area contributed by atoms with Crippen LogP contribution in [0.3, 0.4) is 0 Å². The fourth-order valence-corrected chi connectivity index (χ4v) is 3.92. The molecule has 0 bridgehead atoms. The molecule has 1 N–H and O–H groups in total. The van der Waals surface area contributed by atoms with E-state index in [0.717, 1.165) is 39.0 Å². The van der Waals surface area contributed by atoms with Crippen LogP contribution in [-0.2, 0) is 17.8 Å². The Kier molecular flexibility index (Phi) is 6.03. The number of rotatable bonds is 7. The molecule has 0 saturated heterocycles. The van der Waals surface area contributed by atoms with Crippen molar-refractivity contribution in [1.29, 1.82) is 0 Å². The molecule has 31 heavy (non-hydrogen) atoms. The number of ether oxygens (including phenoxy) is 1. The Morgan fingerprint density at radius 3 is 2.48 bits per heavy atom. The average molecular weight is 416 g/mol. The van der Waals surface area contributed by atoms with Crippen LogP contribution in [0.4, 0.5) is 4.39 Å². The number of nitrogens with zero attached hydrogens (tertiary/aromatic N) is 1. The molecule has 4 aromatic rings. The second-order valence-electron chi connectivity index (χ2n) is 7.59. The molecule has 1 heterocycles. The second kappa shape index (κ2) is 9.04. The Hall–Kier alpha value is -3.60. The molecule has 0 aliphatic heterocycles. The lowest BCUT2D eigenvalue weighted by atomic mass is 10.0. The highest BCUT2D eigenvalue weighted by Crippen LogP contribution is 2.31. The van der Waals surface area contributed by atoms with Gasteiger partial charge in [0.05, 0.1) is 7.11 Å². The van der Waals surface area contributed by atoms with Crippen LogP contribution in [0.1, 0.15) is 17.5 Å². The summed E-state index contributed by atoms with van der Waals surface area (Å²) in [6.07, 6.45) is 0.966. The number of amides is 1. The number of hydrogen-bond donors (Lipinski definition) is 1. The first-order chi connectivity index (χ1) is 15.1. The first-order valence-electron chi connectivity index (χ1n) is 10.3. The number of para-hydroxylation sites is 2. The fourth-order valence-electron chi connectivity index (χ4n) is 3.92. The number of nitrogens with one attached hydrogen (secondary N) is 1. The van der Waals surface area contributed by atoms with Crippen LogP contribution in [0, 0.1) is 5.82 Å². The molecule has 0 saturated carbocycles. The van der Waals surface area contributed by atoms with E-state index in [1.165, 1.54) is 12.1 Å². The van der Waals surface area contributed by atoms with Crippen LogP contribution in [0.5, 0.6) is 5.75 Å². The molecule has 5 heteroatoms. The van der Waals surface area contributed by atoms with Gasteiger partial charge in [-0.3, -0.25) is 4.79 Å². The highest BCUT2D eigenvalue weighted by molar-refractivity contribution is 5.91. The Morgan fingerprint density at radius 2 is 1.71 bits per heavy atom. The Labute approximate surface area is 181 Å². The summed E-state index contributed by atoms with van der Waals surface area (Å²) < 4.78 is 18.8. The maximum atomic E-state index is 13.4. The fraction of sp³-hybridized carbons (Fsp3) is 0.192. The number of methoxy groups -OCH3 is 1. The van der Waals surface area contributed by atoms with E-state index < -0.39 is 0 Å². The van der Waals surface area contributed by atoms with Gasteiger partial charge in [0, 0.05) is 42.2 Å². The third-order valence-electron chi connectivity index (χ3n) is 5.56. The standard InChI is InChI=1S/C26H25FN2O2/c1-29(17-19-7-3-6-10-24(19)31-2)25(30)16-15-22-21-8-4-5-9-23(21)28-26(22)18-11-13-20(27)14-12-18/h3-14,28H,15-17H2,1-2H3. The van der Waals surface area contributed by atoms with Gasteiger partial charge < -0.3 is 14.6 Å². The van der Waals surface area contributed by atoms with Crippen molar-refractivity contribution in [3.8, 4) is 17.0 Å². The minimum atomic E-state index is -0.269. The van der Waals surface area contributed by atoms with Crippen LogP contribution < -0.4 is 4.74 Å². The van der Waals surface area contributed by atoms with Crippen molar-refractivity contribution in [2.24, 2.45) is 0 Å². The predicted octanol–water partition coefficient (Wildman–Crippen LogP) is 5.57. The quantitative estimate of drug-likeness (QED) is 0.428. The number of carbonyl (C=O) groups excluding carboxylic acids is 1. The van der Waals surface area contributed by atoms with E-state index in [0.29, 0.717) is 19.4 Å². The summed E-state index contributed by atoms with van der Waals surface area (Å²) in [5.41, 5.74) is 4.89. The van der Waals surface area contributed by atoms with E-state index in [4.69, 9.17) is 4.74 Å². The van der Waals surface area contributed by atoms with Crippen LogP contribution in [0.2, 0.25) is 0 Å². The average Bonchev–Trinajstić information content (AvgIpc) is 3.16. The van der Waals surface area contributed by atoms with Crippen molar-refractivity contribution in [2.45, 2.75) is 19.4 Å². The van der Waals surface area contributed by atoms with Crippen molar-refractivity contribution >= 4 is 16.8 Å². The maximum absolute atomic E-state index is 13.4. The topological polar surface area (TPSA) is 45.3 Å². The highest BCUT2D eigenvalue weighted by Gasteiger charge is 2.17. The number of aromatic nitrogens is 1. The Bertz CT molecular complexity index is 1200. The van der Waals surface area contributed by atoms with Gasteiger partial charge in [0.1, 0.15) is 11.6 Å². The van der Waals surface area contributed by atoms with Crippen LogP contribution in [0.15, 0.2) is 72.8 Å². The zero-order chi connectivity index (χ0) is 21.8. The third kappa shape index (κ3) is 4.45. The Balaban J connectivity index is 1.55.